The standard InChI is InChI=1S/C17H21BrN6O2S/c1-10(2)8-24-9-11(6-15(24)25)16(26)19-13-7-12(18)4-5-14(13)27-17-20-21-22-23(17)3/h4-5,7,10-11H,6,8-9H2,1-3H3,(H,19,26)/t11-/m1/s1. The molecule has 27 heavy (non-hydrogen) atoms. The number of anilines is 1. The van der Waals surface area contributed by atoms with E-state index in [1.807, 2.05) is 18.2 Å². The Morgan fingerprint density at radius 2 is 2.22 bits per heavy atom. The van der Waals surface area contributed by atoms with E-state index in [9.17, 15) is 9.59 Å². The van der Waals surface area contributed by atoms with Crippen molar-refractivity contribution in [1.29, 1.82) is 0 Å². The number of hydrogen-bond donors (Lipinski definition) is 1. The van der Waals surface area contributed by atoms with Gasteiger partial charge in [0.1, 0.15) is 0 Å². The summed E-state index contributed by atoms with van der Waals surface area (Å²) in [6.45, 7) is 5.27. The summed E-state index contributed by atoms with van der Waals surface area (Å²) in [6, 6.07) is 5.63. The molecule has 3 rings (SSSR count). The van der Waals surface area contributed by atoms with Gasteiger partial charge in [0.2, 0.25) is 17.0 Å². The van der Waals surface area contributed by atoms with Crippen molar-refractivity contribution in [2.45, 2.75) is 30.3 Å². The maximum Gasteiger partial charge on any atom is 0.229 e. The van der Waals surface area contributed by atoms with E-state index in [0.29, 0.717) is 29.9 Å². The Morgan fingerprint density at radius 3 is 2.89 bits per heavy atom. The summed E-state index contributed by atoms with van der Waals surface area (Å²) >= 11 is 4.80. The molecule has 8 nitrogen and oxygen atoms in total. The van der Waals surface area contributed by atoms with E-state index in [4.69, 9.17) is 0 Å². The third-order valence-corrected chi connectivity index (χ3v) is 5.75. The molecule has 2 amide bonds. The molecule has 0 saturated carbocycles. The zero-order chi connectivity index (χ0) is 19.6. The summed E-state index contributed by atoms with van der Waals surface area (Å²) in [4.78, 5) is 27.5. The Hall–Kier alpha value is -1.94. The molecule has 1 N–H and O–H groups in total. The molecule has 10 heteroatoms. The lowest BCUT2D eigenvalue weighted by Gasteiger charge is -2.19. The van der Waals surface area contributed by atoms with Gasteiger partial charge in [-0.1, -0.05) is 29.8 Å². The number of nitrogens with zero attached hydrogens (tertiary/aromatic N) is 5. The van der Waals surface area contributed by atoms with Crippen LogP contribution in [0.1, 0.15) is 20.3 Å². The van der Waals surface area contributed by atoms with Gasteiger partial charge in [-0.05, 0) is 46.3 Å². The number of aryl methyl sites for hydroxylation is 1. The van der Waals surface area contributed by atoms with Crippen LogP contribution < -0.4 is 5.32 Å². The van der Waals surface area contributed by atoms with Gasteiger partial charge in [0, 0.05) is 35.9 Å². The summed E-state index contributed by atoms with van der Waals surface area (Å²) < 4.78 is 2.42. The fourth-order valence-corrected chi connectivity index (χ4v) is 4.05. The Morgan fingerprint density at radius 1 is 1.44 bits per heavy atom. The number of halogens is 1. The number of tetrazole rings is 1. The van der Waals surface area contributed by atoms with Gasteiger partial charge in [0.05, 0.1) is 11.6 Å². The Bertz CT molecular complexity index is 856. The third-order valence-electron chi connectivity index (χ3n) is 4.15. The highest BCUT2D eigenvalue weighted by Crippen LogP contribution is 2.34. The highest BCUT2D eigenvalue weighted by Gasteiger charge is 2.34. The first-order valence-corrected chi connectivity index (χ1v) is 10.2. The van der Waals surface area contributed by atoms with Crippen LogP contribution in [-0.4, -0.2) is 50.0 Å². The van der Waals surface area contributed by atoms with Crippen molar-refractivity contribution in [3.63, 3.8) is 0 Å². The molecule has 0 aliphatic carbocycles. The maximum absolute atomic E-state index is 12.8. The molecule has 0 radical (unpaired) electrons. The molecule has 0 spiro atoms. The average Bonchev–Trinajstić information content (AvgIpc) is 3.16. The molecule has 2 aromatic rings. The molecule has 1 aromatic carbocycles. The zero-order valence-electron chi connectivity index (χ0n) is 15.3. The minimum absolute atomic E-state index is 0.0397. The number of amides is 2. The van der Waals surface area contributed by atoms with Gasteiger partial charge < -0.3 is 10.2 Å². The van der Waals surface area contributed by atoms with E-state index in [1.165, 1.54) is 11.8 Å². The Kier molecular flexibility index (Phi) is 6.15. The quantitative estimate of drug-likeness (QED) is 0.723. The van der Waals surface area contributed by atoms with Crippen molar-refractivity contribution >= 4 is 45.2 Å². The minimum Gasteiger partial charge on any atom is -0.342 e. The second kappa shape index (κ2) is 8.39. The number of benzene rings is 1. The number of likely N-dealkylation sites (tertiary alicyclic amines) is 1. The summed E-state index contributed by atoms with van der Waals surface area (Å²) in [6.07, 6.45) is 0.252. The van der Waals surface area contributed by atoms with E-state index >= 15 is 0 Å². The van der Waals surface area contributed by atoms with Crippen molar-refractivity contribution in [2.75, 3.05) is 18.4 Å². The summed E-state index contributed by atoms with van der Waals surface area (Å²) in [5, 5.41) is 15.0. The number of nitrogens with one attached hydrogen (secondary N) is 1. The van der Waals surface area contributed by atoms with Gasteiger partial charge in [-0.3, -0.25) is 9.59 Å². The number of hydrogen-bond acceptors (Lipinski definition) is 6. The first kappa shape index (κ1) is 19.8. The fraction of sp³-hybridized carbons (Fsp3) is 0.471. The maximum atomic E-state index is 12.8. The van der Waals surface area contributed by atoms with E-state index in [2.05, 4.69) is 50.6 Å². The van der Waals surface area contributed by atoms with Gasteiger partial charge in [-0.25, -0.2) is 4.68 Å². The molecule has 0 unspecified atom stereocenters. The molecule has 144 valence electrons. The van der Waals surface area contributed by atoms with Crippen LogP contribution in [0.4, 0.5) is 5.69 Å². The molecular weight excluding hydrogens is 432 g/mol. The van der Waals surface area contributed by atoms with E-state index in [0.717, 1.165) is 9.37 Å². The molecule has 1 atom stereocenters. The largest absolute Gasteiger partial charge is 0.342 e. The van der Waals surface area contributed by atoms with Gasteiger partial charge >= 0.3 is 0 Å². The van der Waals surface area contributed by atoms with E-state index in [1.54, 1.807) is 16.6 Å². The number of rotatable bonds is 6. The summed E-state index contributed by atoms with van der Waals surface area (Å²) in [7, 11) is 1.76. The van der Waals surface area contributed by atoms with Crippen molar-refractivity contribution in [3.05, 3.63) is 22.7 Å². The van der Waals surface area contributed by atoms with Crippen LogP contribution in [-0.2, 0) is 16.6 Å². The van der Waals surface area contributed by atoms with E-state index in [-0.39, 0.29) is 24.2 Å². The lowest BCUT2D eigenvalue weighted by molar-refractivity contribution is -0.128. The zero-order valence-corrected chi connectivity index (χ0v) is 17.7. The smallest absolute Gasteiger partial charge is 0.229 e. The van der Waals surface area contributed by atoms with Crippen molar-refractivity contribution in [1.82, 2.24) is 25.1 Å². The first-order valence-electron chi connectivity index (χ1n) is 8.62. The predicted molar refractivity (Wildman–Crippen MR) is 105 cm³/mol. The predicted octanol–water partition coefficient (Wildman–Crippen LogP) is 2.57. The second-order valence-corrected chi connectivity index (χ2v) is 8.84. The summed E-state index contributed by atoms with van der Waals surface area (Å²) in [5.74, 6) is -0.0723. The van der Waals surface area contributed by atoms with Crippen molar-refractivity contribution < 1.29 is 9.59 Å². The average molecular weight is 453 g/mol. The molecule has 1 aliphatic rings. The number of carbonyl (C=O) groups is 2. The third kappa shape index (κ3) is 4.86. The molecule has 2 heterocycles. The minimum atomic E-state index is -0.343. The lowest BCUT2D eigenvalue weighted by atomic mass is 10.1. The molecule has 1 aliphatic heterocycles. The highest BCUT2D eigenvalue weighted by atomic mass is 79.9. The number of aromatic nitrogens is 4. The topological polar surface area (TPSA) is 93.0 Å². The van der Waals surface area contributed by atoms with Crippen molar-refractivity contribution in [3.8, 4) is 0 Å². The van der Waals surface area contributed by atoms with Gasteiger partial charge in [0.25, 0.3) is 0 Å². The first-order chi connectivity index (χ1) is 12.8. The Balaban J connectivity index is 1.73. The van der Waals surface area contributed by atoms with Crippen LogP contribution in [0.2, 0.25) is 0 Å². The van der Waals surface area contributed by atoms with Crippen LogP contribution in [0.3, 0.4) is 0 Å². The molecule has 1 aromatic heterocycles. The van der Waals surface area contributed by atoms with E-state index < -0.39 is 0 Å². The van der Waals surface area contributed by atoms with Crippen LogP contribution in [0.25, 0.3) is 0 Å². The van der Waals surface area contributed by atoms with Crippen LogP contribution >= 0.6 is 27.7 Å². The van der Waals surface area contributed by atoms with Gasteiger partial charge in [-0.2, -0.15) is 0 Å². The normalized spacial score (nSPS) is 17.0. The van der Waals surface area contributed by atoms with Crippen LogP contribution in [0.15, 0.2) is 32.7 Å². The van der Waals surface area contributed by atoms with Crippen LogP contribution in [0.5, 0.6) is 0 Å². The Labute approximate surface area is 170 Å². The number of carbonyl (C=O) groups excluding carboxylic acids is 2. The monoisotopic (exact) mass is 452 g/mol. The molecular formula is C17H21BrN6O2S. The SMILES string of the molecule is CC(C)CN1C[C@H](C(=O)Nc2cc(Br)ccc2Sc2nnnn2C)CC1=O. The lowest BCUT2D eigenvalue weighted by Crippen LogP contribution is -2.31. The fourth-order valence-electron chi connectivity index (χ4n) is 2.89. The summed E-state index contributed by atoms with van der Waals surface area (Å²) in [5.41, 5.74) is 0.664. The highest BCUT2D eigenvalue weighted by molar-refractivity contribution is 9.10. The van der Waals surface area contributed by atoms with Gasteiger partial charge in [0.15, 0.2) is 0 Å². The van der Waals surface area contributed by atoms with Crippen LogP contribution in [0, 0.1) is 11.8 Å². The molecule has 1 fully saturated rings. The molecule has 1 saturated heterocycles. The van der Waals surface area contributed by atoms with Gasteiger partial charge in [-0.15, -0.1) is 5.10 Å². The molecule has 0 bridgehead atoms. The second-order valence-electron chi connectivity index (χ2n) is 6.91. The van der Waals surface area contributed by atoms with Crippen molar-refractivity contribution in [2.24, 2.45) is 18.9 Å².